The lowest BCUT2D eigenvalue weighted by molar-refractivity contribution is -0.113. The number of benzene rings is 2. The van der Waals surface area contributed by atoms with E-state index in [1.807, 2.05) is 18.2 Å². The number of amides is 1. The Balaban J connectivity index is 2.01. The van der Waals surface area contributed by atoms with E-state index in [-0.39, 0.29) is 11.7 Å². The van der Waals surface area contributed by atoms with Crippen molar-refractivity contribution in [2.24, 2.45) is 0 Å². The fraction of sp³-hybridized carbons (Fsp3) is 0.278. The number of anilines is 1. The number of carbonyl (C=O) groups excluding carboxylic acids is 1. The average Bonchev–Trinajstić information content (AvgIpc) is 2.54. The number of phenolic OH excluding ortho intramolecular Hbond substituents is 1. The van der Waals surface area contributed by atoms with Crippen LogP contribution in [0.5, 0.6) is 5.75 Å². The Morgan fingerprint density at radius 3 is 2.18 bits per heavy atom. The number of hydrogen-bond acceptors (Lipinski definition) is 3. The van der Waals surface area contributed by atoms with Gasteiger partial charge in [0.15, 0.2) is 0 Å². The molecule has 0 aliphatic rings. The van der Waals surface area contributed by atoms with Crippen molar-refractivity contribution >= 4 is 23.4 Å². The predicted octanol–water partition coefficient (Wildman–Crippen LogP) is 4.25. The molecule has 0 bridgehead atoms. The van der Waals surface area contributed by atoms with E-state index in [9.17, 15) is 9.90 Å². The van der Waals surface area contributed by atoms with E-state index in [0.29, 0.717) is 5.75 Å². The summed E-state index contributed by atoms with van der Waals surface area (Å²) in [4.78, 5) is 13.2. The SMILES string of the molecule is CCc1cccc(CC)c1NC(=O)CSc1ccc(O)cc1. The third kappa shape index (κ3) is 4.28. The summed E-state index contributed by atoms with van der Waals surface area (Å²) in [6, 6.07) is 13.0. The Morgan fingerprint density at radius 2 is 1.64 bits per heavy atom. The minimum absolute atomic E-state index is 0.00586. The zero-order valence-corrected chi connectivity index (χ0v) is 13.7. The largest absolute Gasteiger partial charge is 0.508 e. The first-order valence-corrected chi connectivity index (χ1v) is 8.45. The monoisotopic (exact) mass is 315 g/mol. The molecular formula is C18H21NO2S. The maximum Gasteiger partial charge on any atom is 0.234 e. The van der Waals surface area contributed by atoms with Crippen LogP contribution in [-0.4, -0.2) is 16.8 Å². The smallest absolute Gasteiger partial charge is 0.234 e. The van der Waals surface area contributed by atoms with Gasteiger partial charge in [-0.3, -0.25) is 4.79 Å². The Morgan fingerprint density at radius 1 is 1.05 bits per heavy atom. The molecule has 0 fully saturated rings. The molecule has 0 spiro atoms. The van der Waals surface area contributed by atoms with Crippen molar-refractivity contribution < 1.29 is 9.90 Å². The molecular weight excluding hydrogens is 294 g/mol. The van der Waals surface area contributed by atoms with E-state index in [0.717, 1.165) is 23.4 Å². The van der Waals surface area contributed by atoms with Crippen molar-refractivity contribution in [3.8, 4) is 5.75 Å². The van der Waals surface area contributed by atoms with Gasteiger partial charge in [-0.1, -0.05) is 32.0 Å². The van der Waals surface area contributed by atoms with Crippen LogP contribution in [0.4, 0.5) is 5.69 Å². The molecule has 0 saturated carbocycles. The van der Waals surface area contributed by atoms with Crippen LogP contribution in [-0.2, 0) is 17.6 Å². The van der Waals surface area contributed by atoms with Gasteiger partial charge in [-0.05, 0) is 48.2 Å². The van der Waals surface area contributed by atoms with Crippen molar-refractivity contribution in [3.63, 3.8) is 0 Å². The molecule has 2 aromatic rings. The summed E-state index contributed by atoms with van der Waals surface area (Å²) in [6.07, 6.45) is 1.79. The van der Waals surface area contributed by atoms with Crippen molar-refractivity contribution in [2.75, 3.05) is 11.1 Å². The molecule has 4 heteroatoms. The summed E-state index contributed by atoms with van der Waals surface area (Å²) >= 11 is 1.46. The topological polar surface area (TPSA) is 49.3 Å². The average molecular weight is 315 g/mol. The van der Waals surface area contributed by atoms with Crippen LogP contribution in [0, 0.1) is 0 Å². The van der Waals surface area contributed by atoms with E-state index in [1.54, 1.807) is 12.1 Å². The second kappa shape index (κ2) is 7.90. The Hall–Kier alpha value is -1.94. The number of para-hydroxylation sites is 1. The van der Waals surface area contributed by atoms with Gasteiger partial charge in [0, 0.05) is 10.6 Å². The van der Waals surface area contributed by atoms with Gasteiger partial charge in [0.25, 0.3) is 0 Å². The summed E-state index contributed by atoms with van der Waals surface area (Å²) in [5.74, 6) is 0.582. The molecule has 0 heterocycles. The van der Waals surface area contributed by atoms with E-state index in [1.165, 1.54) is 22.9 Å². The van der Waals surface area contributed by atoms with Gasteiger partial charge in [-0.15, -0.1) is 11.8 Å². The molecule has 2 rings (SSSR count). The lowest BCUT2D eigenvalue weighted by Crippen LogP contribution is -2.16. The van der Waals surface area contributed by atoms with Crippen LogP contribution in [0.2, 0.25) is 0 Å². The second-order valence-electron chi connectivity index (χ2n) is 4.99. The van der Waals surface area contributed by atoms with Crippen molar-refractivity contribution in [1.82, 2.24) is 0 Å². The Kier molecular flexibility index (Phi) is 5.90. The van der Waals surface area contributed by atoms with Gasteiger partial charge in [0.05, 0.1) is 5.75 Å². The van der Waals surface area contributed by atoms with Gasteiger partial charge >= 0.3 is 0 Å². The summed E-state index contributed by atoms with van der Waals surface area (Å²) < 4.78 is 0. The first-order chi connectivity index (χ1) is 10.6. The van der Waals surface area contributed by atoms with Crippen LogP contribution < -0.4 is 5.32 Å². The van der Waals surface area contributed by atoms with E-state index in [2.05, 4.69) is 31.3 Å². The Bertz CT molecular complexity index is 616. The molecule has 3 nitrogen and oxygen atoms in total. The van der Waals surface area contributed by atoms with Gasteiger partial charge in [-0.2, -0.15) is 0 Å². The van der Waals surface area contributed by atoms with Gasteiger partial charge in [0.1, 0.15) is 5.75 Å². The molecule has 0 atom stereocenters. The molecule has 116 valence electrons. The molecule has 0 aromatic heterocycles. The molecule has 0 saturated heterocycles. The number of rotatable bonds is 6. The number of aromatic hydroxyl groups is 1. The van der Waals surface area contributed by atoms with Crippen LogP contribution >= 0.6 is 11.8 Å². The number of thioether (sulfide) groups is 1. The van der Waals surface area contributed by atoms with Crippen LogP contribution in [0.3, 0.4) is 0 Å². The van der Waals surface area contributed by atoms with E-state index >= 15 is 0 Å². The third-order valence-corrected chi connectivity index (χ3v) is 4.48. The number of carbonyl (C=O) groups is 1. The molecule has 0 radical (unpaired) electrons. The van der Waals surface area contributed by atoms with E-state index < -0.39 is 0 Å². The summed E-state index contributed by atoms with van der Waals surface area (Å²) in [7, 11) is 0. The molecule has 2 aromatic carbocycles. The molecule has 22 heavy (non-hydrogen) atoms. The molecule has 2 N–H and O–H groups in total. The Labute approximate surface area is 135 Å². The quantitative estimate of drug-likeness (QED) is 0.784. The van der Waals surface area contributed by atoms with Gasteiger partial charge in [0.2, 0.25) is 5.91 Å². The zero-order chi connectivity index (χ0) is 15.9. The van der Waals surface area contributed by atoms with Gasteiger partial charge < -0.3 is 10.4 Å². The molecule has 0 aliphatic carbocycles. The first-order valence-electron chi connectivity index (χ1n) is 7.46. The van der Waals surface area contributed by atoms with Crippen molar-refractivity contribution in [2.45, 2.75) is 31.6 Å². The van der Waals surface area contributed by atoms with Gasteiger partial charge in [-0.25, -0.2) is 0 Å². The maximum atomic E-state index is 12.2. The summed E-state index contributed by atoms with van der Waals surface area (Å²) in [5, 5.41) is 12.3. The summed E-state index contributed by atoms with van der Waals surface area (Å²) in [5.41, 5.74) is 3.30. The van der Waals surface area contributed by atoms with Crippen molar-refractivity contribution in [1.29, 1.82) is 0 Å². The maximum absolute atomic E-state index is 12.2. The first kappa shape index (κ1) is 16.4. The third-order valence-electron chi connectivity index (χ3n) is 3.47. The predicted molar refractivity (Wildman–Crippen MR) is 92.7 cm³/mol. The minimum Gasteiger partial charge on any atom is -0.508 e. The molecule has 0 unspecified atom stereocenters. The lowest BCUT2D eigenvalue weighted by Gasteiger charge is -2.14. The van der Waals surface area contributed by atoms with Crippen molar-refractivity contribution in [3.05, 3.63) is 53.6 Å². The fourth-order valence-corrected chi connectivity index (χ4v) is 2.97. The standard InChI is InChI=1S/C18H21NO2S/c1-3-13-6-5-7-14(4-2)18(13)19-17(21)12-22-16-10-8-15(20)9-11-16/h5-11,20H,3-4,12H2,1-2H3,(H,19,21). The zero-order valence-electron chi connectivity index (χ0n) is 12.9. The minimum atomic E-state index is -0.00586. The lowest BCUT2D eigenvalue weighted by atomic mass is 10.0. The number of hydrogen-bond donors (Lipinski definition) is 2. The fourth-order valence-electron chi connectivity index (χ4n) is 2.27. The highest BCUT2D eigenvalue weighted by atomic mass is 32.2. The normalized spacial score (nSPS) is 10.5. The van der Waals surface area contributed by atoms with Crippen LogP contribution in [0.25, 0.3) is 0 Å². The summed E-state index contributed by atoms with van der Waals surface area (Å²) in [6.45, 7) is 4.19. The highest BCUT2D eigenvalue weighted by molar-refractivity contribution is 8.00. The van der Waals surface area contributed by atoms with Crippen LogP contribution in [0.15, 0.2) is 47.4 Å². The number of aryl methyl sites for hydroxylation is 2. The molecule has 0 aliphatic heterocycles. The van der Waals surface area contributed by atoms with Crippen LogP contribution in [0.1, 0.15) is 25.0 Å². The second-order valence-corrected chi connectivity index (χ2v) is 6.04. The number of phenols is 1. The van der Waals surface area contributed by atoms with E-state index in [4.69, 9.17) is 0 Å². The number of nitrogens with one attached hydrogen (secondary N) is 1. The highest BCUT2D eigenvalue weighted by Gasteiger charge is 2.10. The highest BCUT2D eigenvalue weighted by Crippen LogP contribution is 2.24. The molecule has 1 amide bonds.